The Morgan fingerprint density at radius 3 is 2.33 bits per heavy atom. The molecule has 0 radical (unpaired) electrons. The summed E-state index contributed by atoms with van der Waals surface area (Å²) in [6, 6.07) is 23.0. The zero-order valence-corrected chi connectivity index (χ0v) is 16.3. The molecule has 0 unspecified atom stereocenters. The molecule has 7 nitrogen and oxygen atoms in total. The number of aromatic carboxylic acids is 1. The second kappa shape index (κ2) is 9.53. The molecule has 0 atom stereocenters. The Bertz CT molecular complexity index is 1200. The number of hydrogen-bond donors (Lipinski definition) is 2. The molecule has 150 valence electrons. The molecule has 0 spiro atoms. The van der Waals surface area contributed by atoms with E-state index in [0.717, 1.165) is 9.79 Å². The molecule has 0 aliphatic carbocycles. The molecule has 0 saturated heterocycles. The van der Waals surface area contributed by atoms with Gasteiger partial charge in [0.2, 0.25) is 5.75 Å². The van der Waals surface area contributed by atoms with E-state index in [1.165, 1.54) is 24.0 Å². The number of carbonyl (C=O) groups is 1. The fraction of sp³-hybridized carbons (Fsp3) is 0. The maximum atomic E-state index is 11.0. The van der Waals surface area contributed by atoms with Gasteiger partial charge in [0.25, 0.3) is 0 Å². The highest BCUT2D eigenvalue weighted by atomic mass is 32.2. The molecule has 1 aromatic heterocycles. The number of benzene rings is 3. The van der Waals surface area contributed by atoms with E-state index in [2.05, 4.69) is 4.98 Å². The number of carboxylic acid groups (broad SMARTS) is 1. The Morgan fingerprint density at radius 2 is 1.63 bits per heavy atom. The minimum atomic E-state index is -0.890. The average molecular weight is 420 g/mol. The Morgan fingerprint density at radius 1 is 0.933 bits per heavy atom. The van der Waals surface area contributed by atoms with Crippen molar-refractivity contribution in [2.45, 2.75) is 9.79 Å². The van der Waals surface area contributed by atoms with Crippen molar-refractivity contribution in [2.24, 2.45) is 0 Å². The van der Waals surface area contributed by atoms with Gasteiger partial charge >= 0.3 is 11.7 Å². The molecule has 0 bridgehead atoms. The van der Waals surface area contributed by atoms with E-state index < -0.39 is 10.9 Å². The number of aromatic nitrogens is 1. The summed E-state index contributed by atoms with van der Waals surface area (Å²) >= 11 is 1.46. The van der Waals surface area contributed by atoms with Crippen LogP contribution in [0.3, 0.4) is 0 Å². The zero-order valence-electron chi connectivity index (χ0n) is 15.5. The van der Waals surface area contributed by atoms with Crippen LogP contribution < -0.4 is 0 Å². The van der Waals surface area contributed by atoms with Gasteiger partial charge in [-0.3, -0.25) is 15.1 Å². The van der Waals surface area contributed by atoms with Gasteiger partial charge in [0.05, 0.1) is 10.5 Å². The third-order valence-electron chi connectivity index (χ3n) is 4.01. The van der Waals surface area contributed by atoms with Crippen molar-refractivity contribution in [1.29, 1.82) is 0 Å². The molecule has 0 aliphatic heterocycles. The first-order valence-electron chi connectivity index (χ1n) is 8.73. The first kappa shape index (κ1) is 20.8. The number of fused-ring (bicyclic) bond motifs is 1. The third-order valence-corrected chi connectivity index (χ3v) is 5.10. The smallest absolute Gasteiger partial charge is 0.336 e. The summed E-state index contributed by atoms with van der Waals surface area (Å²) in [5.41, 5.74) is 0.272. The fourth-order valence-corrected chi connectivity index (χ4v) is 3.57. The minimum Gasteiger partial charge on any atom is -0.501 e. The van der Waals surface area contributed by atoms with E-state index >= 15 is 0 Å². The van der Waals surface area contributed by atoms with Gasteiger partial charge in [-0.2, -0.15) is 0 Å². The topological polar surface area (TPSA) is 114 Å². The molecule has 4 aromatic rings. The molecule has 0 aliphatic rings. The number of phenolic OH excluding ortho intramolecular Hbond substituents is 1. The summed E-state index contributed by atoms with van der Waals surface area (Å²) in [7, 11) is 0. The van der Waals surface area contributed by atoms with Crippen molar-refractivity contribution in [1.82, 2.24) is 4.98 Å². The van der Waals surface area contributed by atoms with Crippen LogP contribution in [0.25, 0.3) is 10.9 Å². The van der Waals surface area contributed by atoms with Crippen molar-refractivity contribution < 1.29 is 19.9 Å². The lowest BCUT2D eigenvalue weighted by Gasteiger charge is -2.04. The number of hydrogen-bond acceptors (Lipinski definition) is 6. The maximum absolute atomic E-state index is 11.0. The molecule has 0 amide bonds. The summed E-state index contributed by atoms with van der Waals surface area (Å²) in [5, 5.41) is 29.7. The molecule has 1 heterocycles. The fourth-order valence-electron chi connectivity index (χ4n) is 2.61. The Hall–Kier alpha value is -3.91. The maximum Gasteiger partial charge on any atom is 0.336 e. The number of phenols is 1. The summed E-state index contributed by atoms with van der Waals surface area (Å²) in [6.07, 6.45) is 1.48. The van der Waals surface area contributed by atoms with E-state index in [4.69, 9.17) is 5.11 Å². The molecule has 30 heavy (non-hydrogen) atoms. The number of carboxylic acids is 1. The number of nitro benzene ring substituents is 1. The van der Waals surface area contributed by atoms with Gasteiger partial charge in [-0.25, -0.2) is 4.79 Å². The normalized spacial score (nSPS) is 10.1. The van der Waals surface area contributed by atoms with Crippen molar-refractivity contribution >= 4 is 34.3 Å². The minimum absolute atomic E-state index is 0.252. The Kier molecular flexibility index (Phi) is 6.61. The zero-order chi connectivity index (χ0) is 21.5. The van der Waals surface area contributed by atoms with Crippen LogP contribution in [0.4, 0.5) is 5.69 Å². The van der Waals surface area contributed by atoms with Crippen molar-refractivity contribution in [3.63, 3.8) is 0 Å². The summed E-state index contributed by atoms with van der Waals surface area (Å²) < 4.78 is 0. The summed E-state index contributed by atoms with van der Waals surface area (Å²) in [5.74, 6) is -1.27. The van der Waals surface area contributed by atoms with Crippen LogP contribution in [0.1, 0.15) is 10.4 Å². The van der Waals surface area contributed by atoms with E-state index in [-0.39, 0.29) is 17.0 Å². The second-order valence-corrected chi connectivity index (χ2v) is 7.10. The molecule has 0 fully saturated rings. The first-order chi connectivity index (χ1) is 14.5. The van der Waals surface area contributed by atoms with Gasteiger partial charge in [-0.05, 0) is 36.4 Å². The van der Waals surface area contributed by atoms with E-state index in [1.807, 2.05) is 42.5 Å². The monoisotopic (exact) mass is 420 g/mol. The van der Waals surface area contributed by atoms with Crippen molar-refractivity contribution in [3.8, 4) is 5.75 Å². The van der Waals surface area contributed by atoms with Gasteiger partial charge in [0, 0.05) is 27.4 Å². The van der Waals surface area contributed by atoms with Gasteiger partial charge in [0.15, 0.2) is 0 Å². The van der Waals surface area contributed by atoms with Crippen LogP contribution in [0, 0.1) is 10.1 Å². The summed E-state index contributed by atoms with van der Waals surface area (Å²) in [6.45, 7) is 0. The predicted molar refractivity (Wildman–Crippen MR) is 114 cm³/mol. The average Bonchev–Trinajstić information content (AvgIpc) is 2.75. The quantitative estimate of drug-likeness (QED) is 0.336. The van der Waals surface area contributed by atoms with Gasteiger partial charge in [0.1, 0.15) is 5.52 Å². The van der Waals surface area contributed by atoms with Crippen LogP contribution in [-0.4, -0.2) is 26.1 Å². The largest absolute Gasteiger partial charge is 0.501 e. The molecular formula is C22H16N2O5S. The van der Waals surface area contributed by atoms with Gasteiger partial charge in [-0.1, -0.05) is 48.2 Å². The van der Waals surface area contributed by atoms with E-state index in [1.54, 1.807) is 30.3 Å². The van der Waals surface area contributed by atoms with Crippen LogP contribution in [0.2, 0.25) is 0 Å². The summed E-state index contributed by atoms with van der Waals surface area (Å²) in [4.78, 5) is 26.5. The molecule has 0 saturated carbocycles. The van der Waals surface area contributed by atoms with Crippen molar-refractivity contribution in [3.05, 3.63) is 101 Å². The third kappa shape index (κ3) is 4.92. The first-order valence-corrected chi connectivity index (χ1v) is 9.55. The number of nitrogens with zero attached hydrogens (tertiary/aromatic N) is 2. The van der Waals surface area contributed by atoms with Crippen molar-refractivity contribution in [2.75, 3.05) is 0 Å². The van der Waals surface area contributed by atoms with E-state index in [9.17, 15) is 20.0 Å². The lowest BCUT2D eigenvalue weighted by Crippen LogP contribution is -1.97. The lowest BCUT2D eigenvalue weighted by molar-refractivity contribution is -0.385. The van der Waals surface area contributed by atoms with E-state index in [0.29, 0.717) is 10.9 Å². The SMILES string of the molecule is O=C(O)c1ccccc1Sc1ccccc1.O=[N+]([O-])c1ccc2cccnc2c1O. The molecular weight excluding hydrogens is 404 g/mol. The second-order valence-electron chi connectivity index (χ2n) is 5.98. The highest BCUT2D eigenvalue weighted by Gasteiger charge is 2.16. The molecule has 4 rings (SSSR count). The van der Waals surface area contributed by atoms with Crippen LogP contribution in [0.5, 0.6) is 5.75 Å². The van der Waals surface area contributed by atoms with Crippen LogP contribution >= 0.6 is 11.8 Å². The molecule has 2 N–H and O–H groups in total. The van der Waals surface area contributed by atoms with Gasteiger partial charge in [-0.15, -0.1) is 0 Å². The molecule has 8 heteroatoms. The lowest BCUT2D eigenvalue weighted by atomic mass is 10.2. The van der Waals surface area contributed by atoms with Gasteiger partial charge < -0.3 is 10.2 Å². The Balaban J connectivity index is 0.000000172. The van der Waals surface area contributed by atoms with Crippen LogP contribution in [-0.2, 0) is 0 Å². The number of aromatic hydroxyl groups is 1. The standard InChI is InChI=1S/C13H10O2S.C9H6N2O3/c14-13(15)11-8-4-5-9-12(11)16-10-6-2-1-3-7-10;12-9-7(11(13)14)4-3-6-2-1-5-10-8(6)9/h1-9H,(H,14,15);1-5,12H. The highest BCUT2D eigenvalue weighted by molar-refractivity contribution is 7.99. The highest BCUT2D eigenvalue weighted by Crippen LogP contribution is 2.32. The molecule has 3 aromatic carbocycles. The van der Waals surface area contributed by atoms with Crippen LogP contribution in [0.15, 0.2) is 94.9 Å². The number of rotatable bonds is 4. The number of pyridine rings is 1. The number of nitro groups is 1. The predicted octanol–water partition coefficient (Wildman–Crippen LogP) is 5.38. The Labute approximate surface area is 175 Å².